The zero-order valence-electron chi connectivity index (χ0n) is 16.3. The third kappa shape index (κ3) is 3.82. The molecule has 7 heteroatoms. The van der Waals surface area contributed by atoms with Crippen molar-refractivity contribution in [3.05, 3.63) is 64.2 Å². The van der Waals surface area contributed by atoms with Crippen LogP contribution in [0.4, 0.5) is 17.1 Å². The van der Waals surface area contributed by atoms with Crippen LogP contribution in [0.3, 0.4) is 0 Å². The molecule has 2 aromatic rings. The summed E-state index contributed by atoms with van der Waals surface area (Å²) in [7, 11) is 0. The van der Waals surface area contributed by atoms with Crippen molar-refractivity contribution in [3.8, 4) is 0 Å². The average molecular weight is 395 g/mol. The number of carbonyl (C=O) groups excluding carboxylic acids is 1. The van der Waals surface area contributed by atoms with Gasteiger partial charge in [0.2, 0.25) is 5.91 Å². The van der Waals surface area contributed by atoms with Crippen LogP contribution in [0.1, 0.15) is 31.2 Å². The SMILES string of the molecule is O=C(Nc1ccccc1N1CCOCC1)C1(c2ccc([N+](=O)[O-])cc2)CCCC1. The van der Waals surface area contributed by atoms with E-state index in [0.717, 1.165) is 55.7 Å². The molecule has 2 aliphatic rings. The third-order valence-electron chi connectivity index (χ3n) is 6.03. The normalized spacial score (nSPS) is 18.4. The number of non-ortho nitro benzene ring substituents is 1. The number of carbonyl (C=O) groups is 1. The van der Waals surface area contributed by atoms with Gasteiger partial charge in [0.15, 0.2) is 0 Å². The first-order valence-electron chi connectivity index (χ1n) is 10.1. The molecule has 1 heterocycles. The Bertz CT molecular complexity index is 885. The Morgan fingerprint density at radius 3 is 2.34 bits per heavy atom. The molecule has 0 radical (unpaired) electrons. The van der Waals surface area contributed by atoms with Gasteiger partial charge in [0.25, 0.3) is 5.69 Å². The molecule has 1 aliphatic carbocycles. The van der Waals surface area contributed by atoms with Crippen LogP contribution >= 0.6 is 0 Å². The molecule has 1 aliphatic heterocycles. The Kier molecular flexibility index (Phi) is 5.49. The van der Waals surface area contributed by atoms with Gasteiger partial charge in [-0.05, 0) is 30.5 Å². The number of amides is 1. The fraction of sp³-hybridized carbons (Fsp3) is 0.409. The molecule has 1 saturated heterocycles. The minimum absolute atomic E-state index is 0.0374. The first-order chi connectivity index (χ1) is 14.1. The van der Waals surface area contributed by atoms with Crippen LogP contribution in [0.2, 0.25) is 0 Å². The van der Waals surface area contributed by atoms with E-state index in [1.807, 2.05) is 24.3 Å². The van der Waals surface area contributed by atoms with Crippen molar-refractivity contribution in [1.82, 2.24) is 0 Å². The predicted octanol–water partition coefficient (Wildman–Crippen LogP) is 3.88. The molecule has 152 valence electrons. The molecule has 0 bridgehead atoms. The second-order valence-corrected chi connectivity index (χ2v) is 7.66. The van der Waals surface area contributed by atoms with Gasteiger partial charge in [0, 0.05) is 25.2 Å². The van der Waals surface area contributed by atoms with E-state index in [9.17, 15) is 14.9 Å². The number of hydrogen-bond acceptors (Lipinski definition) is 5. The molecular weight excluding hydrogens is 370 g/mol. The van der Waals surface area contributed by atoms with Crippen LogP contribution < -0.4 is 10.2 Å². The number of nitrogens with one attached hydrogen (secondary N) is 1. The number of para-hydroxylation sites is 2. The van der Waals surface area contributed by atoms with Gasteiger partial charge in [-0.25, -0.2) is 0 Å². The van der Waals surface area contributed by atoms with Crippen LogP contribution in [0.15, 0.2) is 48.5 Å². The maximum absolute atomic E-state index is 13.5. The standard InChI is InChI=1S/C22H25N3O4/c26-21(23-19-5-1-2-6-20(19)24-13-15-29-16-14-24)22(11-3-4-12-22)17-7-9-18(10-8-17)25(27)28/h1-2,5-10H,3-4,11-16H2,(H,23,26). The molecule has 4 rings (SSSR count). The fourth-order valence-corrected chi connectivity index (χ4v) is 4.43. The van der Waals surface area contributed by atoms with Crippen molar-refractivity contribution in [1.29, 1.82) is 0 Å². The summed E-state index contributed by atoms with van der Waals surface area (Å²) in [6, 6.07) is 14.3. The Hall–Kier alpha value is -2.93. The van der Waals surface area contributed by atoms with E-state index in [0.29, 0.717) is 13.2 Å². The van der Waals surface area contributed by atoms with Crippen molar-refractivity contribution in [3.63, 3.8) is 0 Å². The number of benzene rings is 2. The zero-order valence-corrected chi connectivity index (χ0v) is 16.3. The summed E-state index contributed by atoms with van der Waals surface area (Å²) < 4.78 is 5.45. The molecule has 2 aromatic carbocycles. The highest BCUT2D eigenvalue weighted by Gasteiger charge is 2.43. The minimum atomic E-state index is -0.646. The van der Waals surface area contributed by atoms with Gasteiger partial charge in [0.1, 0.15) is 0 Å². The molecule has 0 spiro atoms. The average Bonchev–Trinajstić information content (AvgIpc) is 3.26. The summed E-state index contributed by atoms with van der Waals surface area (Å²) in [5.74, 6) is -0.0374. The second-order valence-electron chi connectivity index (χ2n) is 7.66. The first kappa shape index (κ1) is 19.4. The predicted molar refractivity (Wildman–Crippen MR) is 111 cm³/mol. The monoisotopic (exact) mass is 395 g/mol. The molecule has 0 aromatic heterocycles. The molecule has 1 saturated carbocycles. The van der Waals surface area contributed by atoms with Gasteiger partial charge in [-0.15, -0.1) is 0 Å². The number of anilines is 2. The largest absolute Gasteiger partial charge is 0.378 e. The summed E-state index contributed by atoms with van der Waals surface area (Å²) >= 11 is 0. The smallest absolute Gasteiger partial charge is 0.269 e. The summed E-state index contributed by atoms with van der Waals surface area (Å²) in [5.41, 5.74) is 2.04. The molecule has 0 unspecified atom stereocenters. The number of rotatable bonds is 5. The molecular formula is C22H25N3O4. The van der Waals surface area contributed by atoms with E-state index in [1.165, 1.54) is 12.1 Å². The van der Waals surface area contributed by atoms with E-state index in [1.54, 1.807) is 12.1 Å². The topological polar surface area (TPSA) is 84.7 Å². The molecule has 1 amide bonds. The summed E-state index contributed by atoms with van der Waals surface area (Å²) in [6.07, 6.45) is 3.43. The fourth-order valence-electron chi connectivity index (χ4n) is 4.43. The zero-order chi connectivity index (χ0) is 20.3. The highest BCUT2D eigenvalue weighted by molar-refractivity contribution is 6.01. The number of nitro benzene ring substituents is 1. The van der Waals surface area contributed by atoms with E-state index in [2.05, 4.69) is 10.2 Å². The van der Waals surface area contributed by atoms with Crippen molar-refractivity contribution in [2.45, 2.75) is 31.1 Å². The third-order valence-corrected chi connectivity index (χ3v) is 6.03. The lowest BCUT2D eigenvalue weighted by Crippen LogP contribution is -2.39. The summed E-state index contributed by atoms with van der Waals surface area (Å²) in [5, 5.41) is 14.2. The molecule has 7 nitrogen and oxygen atoms in total. The molecule has 2 fully saturated rings. The van der Waals surface area contributed by atoms with Gasteiger partial charge in [-0.3, -0.25) is 14.9 Å². The molecule has 29 heavy (non-hydrogen) atoms. The van der Waals surface area contributed by atoms with E-state index in [4.69, 9.17) is 4.74 Å². The Labute approximate surface area is 169 Å². The maximum atomic E-state index is 13.5. The van der Waals surface area contributed by atoms with Gasteiger partial charge in [-0.2, -0.15) is 0 Å². The van der Waals surface area contributed by atoms with Gasteiger partial charge >= 0.3 is 0 Å². The summed E-state index contributed by atoms with van der Waals surface area (Å²) in [4.78, 5) is 26.3. The van der Waals surface area contributed by atoms with Crippen molar-refractivity contribution in [2.24, 2.45) is 0 Å². The van der Waals surface area contributed by atoms with Gasteiger partial charge < -0.3 is 15.0 Å². The van der Waals surface area contributed by atoms with E-state index < -0.39 is 10.3 Å². The van der Waals surface area contributed by atoms with Gasteiger partial charge in [0.05, 0.1) is 34.9 Å². The maximum Gasteiger partial charge on any atom is 0.269 e. The lowest BCUT2D eigenvalue weighted by atomic mass is 9.78. The van der Waals surface area contributed by atoms with Crippen LogP contribution in [0, 0.1) is 10.1 Å². The summed E-state index contributed by atoms with van der Waals surface area (Å²) in [6.45, 7) is 2.94. The Balaban J connectivity index is 1.61. The lowest BCUT2D eigenvalue weighted by molar-refractivity contribution is -0.384. The minimum Gasteiger partial charge on any atom is -0.378 e. The van der Waals surface area contributed by atoms with Crippen LogP contribution in [-0.2, 0) is 14.9 Å². The van der Waals surface area contributed by atoms with Crippen LogP contribution in [0.25, 0.3) is 0 Å². The highest BCUT2D eigenvalue weighted by atomic mass is 16.6. The number of morpholine rings is 1. The molecule has 1 N–H and O–H groups in total. The van der Waals surface area contributed by atoms with Crippen LogP contribution in [-0.4, -0.2) is 37.1 Å². The number of ether oxygens (including phenoxy) is 1. The van der Waals surface area contributed by atoms with Gasteiger partial charge in [-0.1, -0.05) is 37.1 Å². The highest BCUT2D eigenvalue weighted by Crippen LogP contribution is 2.43. The number of hydrogen-bond donors (Lipinski definition) is 1. The van der Waals surface area contributed by atoms with Crippen molar-refractivity contribution >= 4 is 23.0 Å². The van der Waals surface area contributed by atoms with Crippen molar-refractivity contribution in [2.75, 3.05) is 36.5 Å². The second kappa shape index (κ2) is 8.21. The lowest BCUT2D eigenvalue weighted by Gasteiger charge is -2.32. The Morgan fingerprint density at radius 1 is 1.03 bits per heavy atom. The quantitative estimate of drug-likeness (QED) is 0.613. The van der Waals surface area contributed by atoms with E-state index >= 15 is 0 Å². The van der Waals surface area contributed by atoms with Crippen LogP contribution in [0.5, 0.6) is 0 Å². The number of nitro groups is 1. The number of nitrogens with zero attached hydrogens (tertiary/aromatic N) is 2. The van der Waals surface area contributed by atoms with Crippen molar-refractivity contribution < 1.29 is 14.5 Å². The first-order valence-corrected chi connectivity index (χ1v) is 10.1. The van der Waals surface area contributed by atoms with E-state index in [-0.39, 0.29) is 11.6 Å². The Morgan fingerprint density at radius 2 is 1.69 bits per heavy atom. The molecule has 0 atom stereocenters.